The number of carbonyl (C=O) groups is 2. The Morgan fingerprint density at radius 3 is 2.65 bits per heavy atom. The highest BCUT2D eigenvalue weighted by molar-refractivity contribution is 7.89. The Kier molecular flexibility index (Phi) is 6.67. The fraction of sp³-hybridized carbons (Fsp3) is 0.652. The highest BCUT2D eigenvalue weighted by atomic mass is 32.2. The maximum absolute atomic E-state index is 13.3. The van der Waals surface area contributed by atoms with Gasteiger partial charge in [-0.25, -0.2) is 8.42 Å². The van der Waals surface area contributed by atoms with E-state index >= 15 is 0 Å². The fourth-order valence-corrected chi connectivity index (χ4v) is 6.53. The Balaban J connectivity index is 1.44. The lowest BCUT2D eigenvalue weighted by Crippen LogP contribution is -2.48. The summed E-state index contributed by atoms with van der Waals surface area (Å²) in [6.07, 6.45) is 7.50. The van der Waals surface area contributed by atoms with Gasteiger partial charge < -0.3 is 10.6 Å². The van der Waals surface area contributed by atoms with Crippen LogP contribution in [0, 0.1) is 11.8 Å². The van der Waals surface area contributed by atoms with Gasteiger partial charge in [-0.1, -0.05) is 6.92 Å². The molecular formula is C23H33N3O4S. The predicted molar refractivity (Wildman–Crippen MR) is 119 cm³/mol. The van der Waals surface area contributed by atoms with Crippen molar-refractivity contribution in [1.29, 1.82) is 0 Å². The number of benzene rings is 1. The van der Waals surface area contributed by atoms with Crippen LogP contribution in [0.5, 0.6) is 0 Å². The molecule has 3 aliphatic rings. The van der Waals surface area contributed by atoms with Gasteiger partial charge in [0.05, 0.1) is 10.8 Å². The molecule has 31 heavy (non-hydrogen) atoms. The van der Waals surface area contributed by atoms with Crippen LogP contribution in [0.2, 0.25) is 0 Å². The number of sulfonamides is 1. The number of rotatable bonds is 4. The number of amides is 2. The van der Waals surface area contributed by atoms with E-state index in [1.54, 1.807) is 18.2 Å². The van der Waals surface area contributed by atoms with Crippen LogP contribution in [-0.4, -0.2) is 43.7 Å². The van der Waals surface area contributed by atoms with Crippen LogP contribution in [0.15, 0.2) is 23.1 Å². The molecule has 2 amide bonds. The third kappa shape index (κ3) is 5.12. The van der Waals surface area contributed by atoms with Crippen molar-refractivity contribution in [2.24, 2.45) is 11.8 Å². The zero-order chi connectivity index (χ0) is 22.0. The summed E-state index contributed by atoms with van der Waals surface area (Å²) in [4.78, 5) is 24.8. The summed E-state index contributed by atoms with van der Waals surface area (Å²) >= 11 is 0. The average molecular weight is 448 g/mol. The van der Waals surface area contributed by atoms with Crippen molar-refractivity contribution < 1.29 is 18.0 Å². The summed E-state index contributed by atoms with van der Waals surface area (Å²) in [6, 6.07) is 5.15. The molecule has 1 aliphatic carbocycles. The van der Waals surface area contributed by atoms with E-state index in [1.807, 2.05) is 0 Å². The molecule has 0 bridgehead atoms. The van der Waals surface area contributed by atoms with Crippen LogP contribution >= 0.6 is 0 Å². The first-order valence-corrected chi connectivity index (χ1v) is 13.0. The molecule has 1 saturated heterocycles. The molecule has 170 valence electrons. The molecule has 4 rings (SSSR count). The number of fused-ring (bicyclic) bond motifs is 1. The maximum Gasteiger partial charge on any atom is 0.243 e. The van der Waals surface area contributed by atoms with Gasteiger partial charge in [0, 0.05) is 31.2 Å². The number of carbonyl (C=O) groups excluding carboxylic acids is 2. The molecule has 8 heteroatoms. The third-order valence-corrected chi connectivity index (χ3v) is 8.82. The van der Waals surface area contributed by atoms with E-state index in [0.29, 0.717) is 37.9 Å². The fourth-order valence-electron chi connectivity index (χ4n) is 4.96. The zero-order valence-electron chi connectivity index (χ0n) is 18.2. The van der Waals surface area contributed by atoms with Crippen molar-refractivity contribution in [3.8, 4) is 0 Å². The molecule has 0 spiro atoms. The Bertz CT molecular complexity index is 938. The van der Waals surface area contributed by atoms with Crippen LogP contribution in [0.4, 0.5) is 5.69 Å². The summed E-state index contributed by atoms with van der Waals surface area (Å²) in [5, 5.41) is 6.02. The number of piperidine rings is 1. The molecule has 0 unspecified atom stereocenters. The lowest BCUT2D eigenvalue weighted by molar-refractivity contribution is -0.127. The number of nitrogens with zero attached hydrogens (tertiary/aromatic N) is 1. The van der Waals surface area contributed by atoms with Crippen molar-refractivity contribution in [2.75, 3.05) is 18.4 Å². The monoisotopic (exact) mass is 447 g/mol. The predicted octanol–water partition coefficient (Wildman–Crippen LogP) is 3.06. The SMILES string of the molecule is CC1CCC(NC(=O)[C@@H]2CCCN(S(=O)(=O)c3ccc4c(c3)CCCC(=O)N4)C2)CC1. The normalized spacial score (nSPS) is 27.6. The van der Waals surface area contributed by atoms with E-state index in [-0.39, 0.29) is 35.2 Å². The zero-order valence-corrected chi connectivity index (χ0v) is 19.0. The Morgan fingerprint density at radius 1 is 1.10 bits per heavy atom. The second kappa shape index (κ2) is 9.28. The van der Waals surface area contributed by atoms with E-state index < -0.39 is 10.0 Å². The summed E-state index contributed by atoms with van der Waals surface area (Å²) < 4.78 is 28.1. The smallest absolute Gasteiger partial charge is 0.243 e. The van der Waals surface area contributed by atoms with E-state index in [4.69, 9.17) is 0 Å². The number of hydrogen-bond donors (Lipinski definition) is 2. The van der Waals surface area contributed by atoms with Crippen LogP contribution in [-0.2, 0) is 26.0 Å². The molecule has 1 aromatic rings. The van der Waals surface area contributed by atoms with E-state index in [2.05, 4.69) is 17.6 Å². The van der Waals surface area contributed by atoms with E-state index in [9.17, 15) is 18.0 Å². The van der Waals surface area contributed by atoms with Gasteiger partial charge in [-0.15, -0.1) is 0 Å². The largest absolute Gasteiger partial charge is 0.353 e. The second-order valence-corrected chi connectivity index (χ2v) is 11.3. The highest BCUT2D eigenvalue weighted by Gasteiger charge is 2.34. The minimum absolute atomic E-state index is 0.0101. The van der Waals surface area contributed by atoms with Crippen LogP contribution in [0.3, 0.4) is 0 Å². The van der Waals surface area contributed by atoms with Gasteiger partial charge in [0.1, 0.15) is 0 Å². The summed E-state index contributed by atoms with van der Waals surface area (Å²) in [5.41, 5.74) is 1.55. The lowest BCUT2D eigenvalue weighted by Gasteiger charge is -2.33. The summed E-state index contributed by atoms with van der Waals surface area (Å²) in [5.74, 6) is 0.372. The quantitative estimate of drug-likeness (QED) is 0.742. The van der Waals surface area contributed by atoms with Crippen LogP contribution < -0.4 is 10.6 Å². The number of hydrogen-bond acceptors (Lipinski definition) is 4. The molecule has 1 atom stereocenters. The van der Waals surface area contributed by atoms with Gasteiger partial charge in [0.2, 0.25) is 21.8 Å². The van der Waals surface area contributed by atoms with E-state index in [0.717, 1.165) is 43.6 Å². The molecule has 2 fully saturated rings. The van der Waals surface area contributed by atoms with Crippen molar-refractivity contribution >= 4 is 27.5 Å². The van der Waals surface area contributed by atoms with Crippen molar-refractivity contribution in [3.63, 3.8) is 0 Å². The minimum atomic E-state index is -3.69. The van der Waals surface area contributed by atoms with Gasteiger partial charge in [0.15, 0.2) is 0 Å². The first-order chi connectivity index (χ1) is 14.8. The Labute approximate surface area is 185 Å². The first kappa shape index (κ1) is 22.3. The third-order valence-electron chi connectivity index (χ3n) is 6.96. The average Bonchev–Trinajstić information content (AvgIpc) is 2.95. The number of anilines is 1. The van der Waals surface area contributed by atoms with Crippen LogP contribution in [0.1, 0.15) is 63.9 Å². The minimum Gasteiger partial charge on any atom is -0.353 e. The molecule has 2 N–H and O–H groups in total. The number of aryl methyl sites for hydroxylation is 1. The molecule has 0 radical (unpaired) electrons. The summed E-state index contributed by atoms with van der Waals surface area (Å²) in [7, 11) is -3.69. The molecule has 2 aliphatic heterocycles. The van der Waals surface area contributed by atoms with Gasteiger partial charge in [-0.2, -0.15) is 4.31 Å². The Morgan fingerprint density at radius 2 is 1.87 bits per heavy atom. The Hall–Kier alpha value is -1.93. The lowest BCUT2D eigenvalue weighted by atomic mass is 9.87. The van der Waals surface area contributed by atoms with Crippen molar-refractivity contribution in [3.05, 3.63) is 23.8 Å². The van der Waals surface area contributed by atoms with Gasteiger partial charge in [-0.05, 0) is 81.0 Å². The van der Waals surface area contributed by atoms with Crippen molar-refractivity contribution in [1.82, 2.24) is 9.62 Å². The van der Waals surface area contributed by atoms with E-state index in [1.165, 1.54) is 4.31 Å². The molecule has 7 nitrogen and oxygen atoms in total. The van der Waals surface area contributed by atoms with Gasteiger partial charge in [-0.3, -0.25) is 9.59 Å². The van der Waals surface area contributed by atoms with Crippen LogP contribution in [0.25, 0.3) is 0 Å². The van der Waals surface area contributed by atoms with Gasteiger partial charge in [0.25, 0.3) is 0 Å². The molecule has 1 saturated carbocycles. The van der Waals surface area contributed by atoms with Crippen molar-refractivity contribution in [2.45, 2.75) is 75.6 Å². The second-order valence-electron chi connectivity index (χ2n) is 9.39. The molecule has 2 heterocycles. The number of nitrogens with one attached hydrogen (secondary N) is 2. The van der Waals surface area contributed by atoms with Gasteiger partial charge >= 0.3 is 0 Å². The molecular weight excluding hydrogens is 414 g/mol. The molecule has 0 aromatic heterocycles. The maximum atomic E-state index is 13.3. The molecule has 1 aromatic carbocycles. The first-order valence-electron chi connectivity index (χ1n) is 11.6. The summed E-state index contributed by atoms with van der Waals surface area (Å²) in [6.45, 7) is 2.91. The highest BCUT2D eigenvalue weighted by Crippen LogP contribution is 2.29. The standard InChI is InChI=1S/C23H33N3O4S/c1-16-7-9-19(10-8-16)24-23(28)18-5-3-13-26(15-18)31(29,30)20-11-12-21-17(14-20)4-2-6-22(27)25-21/h11-12,14,16,18-19H,2-10,13,15H2,1H3,(H,24,28)(H,25,27)/t16?,18-,19?/m1/s1. The topological polar surface area (TPSA) is 95.6 Å².